The fraction of sp³-hybridized carbons (Fsp3) is 0.731. The number of esters is 2. The number of nitrogens with one attached hydrogen (secondary N) is 2. The van der Waals surface area contributed by atoms with Gasteiger partial charge in [0, 0.05) is 0 Å². The monoisotopic (exact) mass is 583 g/mol. The van der Waals surface area contributed by atoms with Crippen LogP contribution in [0.2, 0.25) is 0 Å². The topological polar surface area (TPSA) is 173 Å². The standard InChI is InChI=1S/C26H46N7O6P/c1-8-9-10-11-12-37-25(35)26(6,7)32-40(36,31-20(5)24(34)38-14-18(2)3)17-39-19(4)13-33-16-30-21-22(27)28-15-29-23(21)33/h15-16,18-20H,8-14,17H2,1-7H3,(H2,27,28,29)(H2,31,32,36)/t19-,20-,40-/m1/s1. The van der Waals surface area contributed by atoms with Crippen molar-refractivity contribution in [3.05, 3.63) is 12.7 Å². The van der Waals surface area contributed by atoms with Gasteiger partial charge in [0.15, 0.2) is 11.5 Å². The minimum atomic E-state index is -3.70. The van der Waals surface area contributed by atoms with Crippen LogP contribution in [0, 0.1) is 5.92 Å². The SMILES string of the molecule is CCCCCCOC(=O)C(C)(C)N[P@@](=O)(CO[C@H](C)Cn1cnc2c(N)ncnc21)N[C@H](C)C(=O)OCC(C)C. The molecule has 2 aromatic rings. The first-order valence-corrected chi connectivity index (χ1v) is 15.7. The van der Waals surface area contributed by atoms with Crippen LogP contribution in [0.3, 0.4) is 0 Å². The molecule has 0 fully saturated rings. The summed E-state index contributed by atoms with van der Waals surface area (Å²) in [6.07, 6.45) is 6.04. The highest BCUT2D eigenvalue weighted by Gasteiger charge is 2.39. The number of unbranched alkanes of at least 4 members (excludes halogenated alkanes) is 3. The van der Waals surface area contributed by atoms with Crippen molar-refractivity contribution >= 4 is 36.4 Å². The third kappa shape index (κ3) is 10.4. The Balaban J connectivity index is 2.12. The highest BCUT2D eigenvalue weighted by atomic mass is 31.2. The van der Waals surface area contributed by atoms with Gasteiger partial charge < -0.3 is 24.5 Å². The van der Waals surface area contributed by atoms with Gasteiger partial charge in [-0.3, -0.25) is 14.2 Å². The first-order valence-electron chi connectivity index (χ1n) is 13.8. The Morgan fingerprint density at radius 3 is 2.50 bits per heavy atom. The number of hydrogen-bond donors (Lipinski definition) is 3. The van der Waals surface area contributed by atoms with E-state index in [1.54, 1.807) is 38.6 Å². The molecule has 0 saturated carbocycles. The van der Waals surface area contributed by atoms with Gasteiger partial charge >= 0.3 is 11.9 Å². The molecular formula is C26H46N7O6P. The first-order chi connectivity index (χ1) is 18.8. The van der Waals surface area contributed by atoms with Gasteiger partial charge in [0.05, 0.1) is 32.2 Å². The Morgan fingerprint density at radius 1 is 1.10 bits per heavy atom. The number of carbonyl (C=O) groups excluding carboxylic acids is 2. The summed E-state index contributed by atoms with van der Waals surface area (Å²) in [6.45, 7) is 13.3. The molecule has 0 aromatic carbocycles. The van der Waals surface area contributed by atoms with Crippen molar-refractivity contribution in [1.29, 1.82) is 0 Å². The molecule has 0 aliphatic rings. The van der Waals surface area contributed by atoms with Gasteiger partial charge in [0.25, 0.3) is 0 Å². The van der Waals surface area contributed by atoms with Gasteiger partial charge in [-0.2, -0.15) is 0 Å². The Labute approximate surface area is 236 Å². The van der Waals surface area contributed by atoms with Crippen LogP contribution < -0.4 is 15.9 Å². The van der Waals surface area contributed by atoms with Crippen LogP contribution in [0.25, 0.3) is 11.2 Å². The highest BCUT2D eigenvalue weighted by molar-refractivity contribution is 7.59. The van der Waals surface area contributed by atoms with E-state index in [0.717, 1.165) is 25.7 Å². The molecule has 0 amide bonds. The molecule has 0 aliphatic heterocycles. The molecule has 0 unspecified atom stereocenters. The van der Waals surface area contributed by atoms with E-state index in [-0.39, 0.29) is 31.3 Å². The van der Waals surface area contributed by atoms with Crippen LogP contribution in [0.5, 0.6) is 0 Å². The minimum absolute atomic E-state index is 0.149. The zero-order valence-electron chi connectivity index (χ0n) is 24.8. The molecule has 14 heteroatoms. The highest BCUT2D eigenvalue weighted by Crippen LogP contribution is 2.40. The Kier molecular flexibility index (Phi) is 12.9. The van der Waals surface area contributed by atoms with Crippen molar-refractivity contribution in [3.8, 4) is 0 Å². The Bertz CT molecular complexity index is 1160. The quantitative estimate of drug-likeness (QED) is 0.132. The number of anilines is 1. The number of nitrogens with two attached hydrogens (primary N) is 1. The number of aromatic nitrogens is 4. The lowest BCUT2D eigenvalue weighted by molar-refractivity contribution is -0.149. The molecule has 2 aromatic heterocycles. The molecule has 40 heavy (non-hydrogen) atoms. The summed E-state index contributed by atoms with van der Waals surface area (Å²) in [6, 6.07) is -0.922. The van der Waals surface area contributed by atoms with E-state index in [9.17, 15) is 14.2 Å². The maximum atomic E-state index is 14.1. The summed E-state index contributed by atoms with van der Waals surface area (Å²) >= 11 is 0. The number of rotatable bonds is 18. The maximum Gasteiger partial charge on any atom is 0.326 e. The van der Waals surface area contributed by atoms with Crippen LogP contribution in [0.15, 0.2) is 12.7 Å². The van der Waals surface area contributed by atoms with Gasteiger partial charge in [0.2, 0.25) is 7.44 Å². The third-order valence-electron chi connectivity index (χ3n) is 5.94. The molecule has 4 N–H and O–H groups in total. The van der Waals surface area contributed by atoms with Crippen LogP contribution >= 0.6 is 7.44 Å². The summed E-state index contributed by atoms with van der Waals surface area (Å²) < 4.78 is 32.6. The first kappa shape index (κ1) is 33.6. The number of carbonyl (C=O) groups is 2. The largest absolute Gasteiger partial charge is 0.464 e. The zero-order chi connectivity index (χ0) is 29.9. The number of fused-ring (bicyclic) bond motifs is 1. The lowest BCUT2D eigenvalue weighted by Gasteiger charge is -2.32. The van der Waals surface area contributed by atoms with Gasteiger partial charge in [-0.05, 0) is 40.0 Å². The lowest BCUT2D eigenvalue weighted by atomic mass is 10.1. The molecule has 2 heterocycles. The number of hydrogen-bond acceptors (Lipinski definition) is 10. The molecular weight excluding hydrogens is 537 g/mol. The van der Waals surface area contributed by atoms with Crippen molar-refractivity contribution in [3.63, 3.8) is 0 Å². The number of imidazole rings is 1. The number of nitrogens with zero attached hydrogens (tertiary/aromatic N) is 4. The van der Waals surface area contributed by atoms with E-state index in [1.165, 1.54) is 6.33 Å². The van der Waals surface area contributed by atoms with E-state index in [4.69, 9.17) is 19.9 Å². The van der Waals surface area contributed by atoms with Crippen molar-refractivity contribution in [2.24, 2.45) is 5.92 Å². The summed E-state index contributed by atoms with van der Waals surface area (Å²) in [5.74, 6) is -0.678. The van der Waals surface area contributed by atoms with Crippen LogP contribution in [-0.4, -0.2) is 68.7 Å². The predicted octanol–water partition coefficient (Wildman–Crippen LogP) is 3.63. The molecule has 0 radical (unpaired) electrons. The molecule has 13 nitrogen and oxygen atoms in total. The van der Waals surface area contributed by atoms with E-state index in [0.29, 0.717) is 17.7 Å². The summed E-state index contributed by atoms with van der Waals surface area (Å²) in [4.78, 5) is 37.9. The average molecular weight is 584 g/mol. The molecule has 0 spiro atoms. The predicted molar refractivity (Wildman–Crippen MR) is 153 cm³/mol. The van der Waals surface area contributed by atoms with E-state index in [2.05, 4.69) is 32.1 Å². The fourth-order valence-corrected chi connectivity index (χ4v) is 6.20. The molecule has 226 valence electrons. The van der Waals surface area contributed by atoms with E-state index in [1.807, 2.05) is 13.8 Å². The number of nitrogen functional groups attached to an aromatic ring is 1. The summed E-state index contributed by atoms with van der Waals surface area (Å²) in [5, 5.41) is 5.75. The van der Waals surface area contributed by atoms with Gasteiger partial charge in [-0.15, -0.1) is 0 Å². The third-order valence-corrected chi connectivity index (χ3v) is 8.18. The second-order valence-corrected chi connectivity index (χ2v) is 13.2. The van der Waals surface area contributed by atoms with E-state index >= 15 is 0 Å². The zero-order valence-corrected chi connectivity index (χ0v) is 25.7. The van der Waals surface area contributed by atoms with Crippen molar-refractivity contribution in [2.75, 3.05) is 25.3 Å². The van der Waals surface area contributed by atoms with Crippen molar-refractivity contribution in [1.82, 2.24) is 29.7 Å². The summed E-state index contributed by atoms with van der Waals surface area (Å²) in [7, 11) is -3.70. The average Bonchev–Trinajstić information content (AvgIpc) is 3.29. The second kappa shape index (κ2) is 15.4. The van der Waals surface area contributed by atoms with Gasteiger partial charge in [0.1, 0.15) is 29.8 Å². The second-order valence-electron chi connectivity index (χ2n) is 11.0. The normalized spacial score (nSPS) is 15.1. The number of ether oxygens (including phenoxy) is 3. The molecule has 0 bridgehead atoms. The van der Waals surface area contributed by atoms with Crippen LogP contribution in [-0.2, 0) is 34.9 Å². The molecule has 0 saturated heterocycles. The fourth-order valence-electron chi connectivity index (χ4n) is 3.81. The van der Waals surface area contributed by atoms with E-state index < -0.39 is 37.1 Å². The van der Waals surface area contributed by atoms with Crippen molar-refractivity contribution in [2.45, 2.75) is 98.4 Å². The van der Waals surface area contributed by atoms with Crippen LogP contribution in [0.4, 0.5) is 5.82 Å². The molecule has 3 atom stereocenters. The maximum absolute atomic E-state index is 14.1. The minimum Gasteiger partial charge on any atom is -0.464 e. The lowest BCUT2D eigenvalue weighted by Crippen LogP contribution is -2.50. The Hall–Kier alpha value is -2.60. The van der Waals surface area contributed by atoms with Crippen molar-refractivity contribution < 1.29 is 28.4 Å². The van der Waals surface area contributed by atoms with Gasteiger partial charge in [-0.1, -0.05) is 40.0 Å². The Morgan fingerprint density at radius 2 is 1.82 bits per heavy atom. The summed E-state index contributed by atoms with van der Waals surface area (Å²) in [5.41, 5.74) is 5.58. The molecule has 0 aliphatic carbocycles. The van der Waals surface area contributed by atoms with Crippen LogP contribution in [0.1, 0.15) is 74.1 Å². The smallest absolute Gasteiger partial charge is 0.326 e. The molecule has 2 rings (SSSR count). The van der Waals surface area contributed by atoms with Gasteiger partial charge in [-0.25, -0.2) is 25.1 Å².